The highest BCUT2D eigenvalue weighted by atomic mass is 19.3. The van der Waals surface area contributed by atoms with Crippen molar-refractivity contribution in [3.05, 3.63) is 23.3 Å². The maximum absolute atomic E-state index is 12.1. The van der Waals surface area contributed by atoms with Crippen LogP contribution in [-0.2, 0) is 0 Å². The summed E-state index contributed by atoms with van der Waals surface area (Å²) in [5.41, 5.74) is 0.0316. The van der Waals surface area contributed by atoms with Crippen LogP contribution >= 0.6 is 0 Å². The second-order valence-corrected chi connectivity index (χ2v) is 2.98. The Hall–Kier alpha value is -1.98. The highest BCUT2D eigenvalue weighted by molar-refractivity contribution is 5.91. The van der Waals surface area contributed by atoms with E-state index in [2.05, 4.69) is 4.74 Å². The summed E-state index contributed by atoms with van der Waals surface area (Å²) >= 11 is 0. The van der Waals surface area contributed by atoms with E-state index in [1.807, 2.05) is 0 Å². The van der Waals surface area contributed by atoms with Gasteiger partial charge in [-0.05, 0) is 19.1 Å². The van der Waals surface area contributed by atoms with E-state index in [9.17, 15) is 18.4 Å². The zero-order valence-corrected chi connectivity index (χ0v) is 8.98. The fourth-order valence-electron chi connectivity index (χ4n) is 1.25. The third-order valence-corrected chi connectivity index (χ3v) is 1.92. The molecule has 0 atom stereocenters. The van der Waals surface area contributed by atoms with Gasteiger partial charge in [-0.2, -0.15) is 8.78 Å². The van der Waals surface area contributed by atoms with Crippen LogP contribution in [0.1, 0.15) is 27.6 Å². The van der Waals surface area contributed by atoms with Crippen molar-refractivity contribution < 1.29 is 27.8 Å². The van der Waals surface area contributed by atoms with Crippen molar-refractivity contribution in [3.8, 4) is 11.5 Å². The number of alkyl halides is 2. The Bertz CT molecular complexity index is 418. The summed E-state index contributed by atoms with van der Waals surface area (Å²) in [4.78, 5) is 21.3. The zero-order valence-electron chi connectivity index (χ0n) is 8.98. The number of aldehydes is 2. The SMILES string of the molecule is CCOc1cc(C=O)c(C=O)cc1OC(F)F. The summed E-state index contributed by atoms with van der Waals surface area (Å²) in [6.07, 6.45) is 0.830. The van der Waals surface area contributed by atoms with Crippen LogP contribution < -0.4 is 9.47 Å². The smallest absolute Gasteiger partial charge is 0.387 e. The van der Waals surface area contributed by atoms with Crippen molar-refractivity contribution in [1.29, 1.82) is 0 Å². The van der Waals surface area contributed by atoms with E-state index in [0.29, 0.717) is 12.6 Å². The molecule has 0 amide bonds. The molecule has 1 aromatic carbocycles. The van der Waals surface area contributed by atoms with Crippen molar-refractivity contribution in [1.82, 2.24) is 0 Å². The molecule has 0 aliphatic heterocycles. The maximum Gasteiger partial charge on any atom is 0.387 e. The van der Waals surface area contributed by atoms with Gasteiger partial charge in [0.15, 0.2) is 24.1 Å². The molecule has 17 heavy (non-hydrogen) atoms. The Labute approximate surface area is 96.1 Å². The van der Waals surface area contributed by atoms with Crippen molar-refractivity contribution in [2.75, 3.05) is 6.61 Å². The number of carbonyl (C=O) groups is 2. The summed E-state index contributed by atoms with van der Waals surface area (Å²) in [5.74, 6) is -0.268. The number of halogens is 2. The molecule has 0 unspecified atom stereocenters. The topological polar surface area (TPSA) is 52.6 Å². The normalized spacial score (nSPS) is 10.1. The highest BCUT2D eigenvalue weighted by Crippen LogP contribution is 2.31. The number of hydrogen-bond acceptors (Lipinski definition) is 4. The van der Waals surface area contributed by atoms with E-state index in [-0.39, 0.29) is 29.2 Å². The van der Waals surface area contributed by atoms with Gasteiger partial charge in [0.1, 0.15) is 0 Å². The molecule has 1 aromatic rings. The first-order chi connectivity index (χ1) is 8.12. The van der Waals surface area contributed by atoms with Gasteiger partial charge in [-0.1, -0.05) is 0 Å². The fourth-order valence-corrected chi connectivity index (χ4v) is 1.25. The van der Waals surface area contributed by atoms with Crippen LogP contribution in [0, 0.1) is 0 Å². The lowest BCUT2D eigenvalue weighted by molar-refractivity contribution is -0.0514. The highest BCUT2D eigenvalue weighted by Gasteiger charge is 2.14. The zero-order chi connectivity index (χ0) is 12.8. The summed E-state index contributed by atoms with van der Waals surface area (Å²) in [5, 5.41) is 0. The Balaban J connectivity index is 3.23. The third-order valence-electron chi connectivity index (χ3n) is 1.92. The fraction of sp³-hybridized carbons (Fsp3) is 0.273. The van der Waals surface area contributed by atoms with E-state index >= 15 is 0 Å². The van der Waals surface area contributed by atoms with E-state index in [1.165, 1.54) is 6.07 Å². The molecular formula is C11H10F2O4. The molecule has 0 aliphatic carbocycles. The van der Waals surface area contributed by atoms with E-state index < -0.39 is 6.61 Å². The molecule has 0 radical (unpaired) electrons. The van der Waals surface area contributed by atoms with Gasteiger partial charge in [0, 0.05) is 11.1 Å². The Morgan fingerprint density at radius 3 is 2.12 bits per heavy atom. The Morgan fingerprint density at radius 1 is 1.18 bits per heavy atom. The second-order valence-electron chi connectivity index (χ2n) is 2.98. The first-order valence-corrected chi connectivity index (χ1v) is 4.78. The lowest BCUT2D eigenvalue weighted by atomic mass is 10.1. The molecule has 0 aromatic heterocycles. The number of carbonyl (C=O) groups excluding carboxylic acids is 2. The minimum atomic E-state index is -3.03. The largest absolute Gasteiger partial charge is 0.490 e. The number of benzene rings is 1. The van der Waals surface area contributed by atoms with Crippen LogP contribution in [0.4, 0.5) is 8.78 Å². The Morgan fingerprint density at radius 2 is 1.71 bits per heavy atom. The molecular weight excluding hydrogens is 234 g/mol. The summed E-state index contributed by atoms with van der Waals surface area (Å²) < 4.78 is 33.5. The average Bonchev–Trinajstić information content (AvgIpc) is 2.30. The van der Waals surface area contributed by atoms with Crippen molar-refractivity contribution in [2.45, 2.75) is 13.5 Å². The second kappa shape index (κ2) is 5.93. The molecule has 6 heteroatoms. The quantitative estimate of drug-likeness (QED) is 0.720. The Kier molecular flexibility index (Phi) is 4.56. The molecule has 1 rings (SSSR count). The van der Waals surface area contributed by atoms with Gasteiger partial charge in [0.25, 0.3) is 0 Å². The van der Waals surface area contributed by atoms with E-state index in [1.54, 1.807) is 6.92 Å². The molecule has 0 heterocycles. The third kappa shape index (κ3) is 3.24. The van der Waals surface area contributed by atoms with Gasteiger partial charge < -0.3 is 9.47 Å². The average molecular weight is 244 g/mol. The minimum absolute atomic E-state index is 0.000463. The molecule has 0 saturated heterocycles. The standard InChI is InChI=1S/C11H10F2O4/c1-2-16-9-3-7(5-14)8(6-15)4-10(9)17-11(12)13/h3-6,11H,2H2,1H3. The van der Waals surface area contributed by atoms with Crippen molar-refractivity contribution in [2.24, 2.45) is 0 Å². The van der Waals surface area contributed by atoms with E-state index in [0.717, 1.165) is 6.07 Å². The van der Waals surface area contributed by atoms with Gasteiger partial charge in [-0.15, -0.1) is 0 Å². The van der Waals surface area contributed by atoms with Crippen molar-refractivity contribution >= 4 is 12.6 Å². The van der Waals surface area contributed by atoms with Gasteiger partial charge in [0.2, 0.25) is 0 Å². The monoisotopic (exact) mass is 244 g/mol. The molecule has 0 N–H and O–H groups in total. The van der Waals surface area contributed by atoms with Crippen LogP contribution in [0.25, 0.3) is 0 Å². The molecule has 0 fully saturated rings. The first kappa shape index (κ1) is 13.1. The van der Waals surface area contributed by atoms with Gasteiger partial charge in [-0.25, -0.2) is 0 Å². The van der Waals surface area contributed by atoms with E-state index in [4.69, 9.17) is 4.74 Å². The molecule has 0 aliphatic rings. The molecule has 0 saturated carbocycles. The van der Waals surface area contributed by atoms with Gasteiger partial charge >= 0.3 is 6.61 Å². The minimum Gasteiger partial charge on any atom is -0.490 e. The first-order valence-electron chi connectivity index (χ1n) is 4.78. The summed E-state index contributed by atoms with van der Waals surface area (Å²) in [6, 6.07) is 2.24. The predicted molar refractivity (Wildman–Crippen MR) is 55.0 cm³/mol. The summed E-state index contributed by atoms with van der Waals surface area (Å²) in [6.45, 7) is -1.16. The van der Waals surface area contributed by atoms with Crippen LogP contribution in [0.5, 0.6) is 11.5 Å². The van der Waals surface area contributed by atoms with Gasteiger partial charge in [-0.3, -0.25) is 9.59 Å². The molecule has 0 bridgehead atoms. The van der Waals surface area contributed by atoms with Crippen molar-refractivity contribution in [3.63, 3.8) is 0 Å². The van der Waals surface area contributed by atoms with Crippen LogP contribution in [0.2, 0.25) is 0 Å². The number of ether oxygens (including phenoxy) is 2. The number of rotatable bonds is 6. The number of hydrogen-bond donors (Lipinski definition) is 0. The van der Waals surface area contributed by atoms with Crippen LogP contribution in [0.15, 0.2) is 12.1 Å². The predicted octanol–water partition coefficient (Wildman–Crippen LogP) is 2.31. The summed E-state index contributed by atoms with van der Waals surface area (Å²) in [7, 11) is 0. The maximum atomic E-state index is 12.1. The lowest BCUT2D eigenvalue weighted by Crippen LogP contribution is -2.06. The molecule has 0 spiro atoms. The van der Waals surface area contributed by atoms with Crippen LogP contribution in [-0.4, -0.2) is 25.8 Å². The van der Waals surface area contributed by atoms with Crippen LogP contribution in [0.3, 0.4) is 0 Å². The van der Waals surface area contributed by atoms with Gasteiger partial charge in [0.05, 0.1) is 6.61 Å². The molecule has 92 valence electrons. The lowest BCUT2D eigenvalue weighted by Gasteiger charge is -2.12. The molecule has 4 nitrogen and oxygen atoms in total.